The summed E-state index contributed by atoms with van der Waals surface area (Å²) in [6.45, 7) is -1.96. The van der Waals surface area contributed by atoms with Crippen molar-refractivity contribution in [2.45, 2.75) is 13.0 Å². The van der Waals surface area contributed by atoms with Crippen LogP contribution in [0.1, 0.15) is 6.42 Å². The molecule has 0 radical (unpaired) electrons. The van der Waals surface area contributed by atoms with Crippen molar-refractivity contribution in [1.82, 2.24) is 0 Å². The molecule has 0 saturated carbocycles. The van der Waals surface area contributed by atoms with Crippen LogP contribution in [0, 0.1) is 5.92 Å². The van der Waals surface area contributed by atoms with Gasteiger partial charge in [0.05, 0.1) is 5.69 Å². The van der Waals surface area contributed by atoms with Gasteiger partial charge in [-0.25, -0.2) is 0 Å². The van der Waals surface area contributed by atoms with Crippen LogP contribution in [0.15, 0.2) is 24.3 Å². The summed E-state index contributed by atoms with van der Waals surface area (Å²) in [7, 11) is 0. The number of para-hydroxylation sites is 2. The minimum Gasteiger partial charge on any atom is -0.433 e. The van der Waals surface area contributed by atoms with Crippen molar-refractivity contribution < 1.29 is 13.5 Å². The summed E-state index contributed by atoms with van der Waals surface area (Å²) in [5, 5.41) is 3.19. The van der Waals surface area contributed by atoms with Gasteiger partial charge in [0.25, 0.3) is 0 Å². The van der Waals surface area contributed by atoms with Crippen molar-refractivity contribution in [2.24, 2.45) is 5.92 Å². The highest BCUT2D eigenvalue weighted by atomic mass is 32.2. The van der Waals surface area contributed by atoms with Gasteiger partial charge in [0.15, 0.2) is 0 Å². The average molecular weight is 259 g/mol. The van der Waals surface area contributed by atoms with E-state index in [1.807, 2.05) is 17.8 Å². The molecule has 1 aliphatic rings. The molecule has 1 atom stereocenters. The van der Waals surface area contributed by atoms with E-state index in [9.17, 15) is 8.78 Å². The zero-order valence-corrected chi connectivity index (χ0v) is 10.2. The molecule has 0 amide bonds. The molecule has 1 N–H and O–H groups in total. The van der Waals surface area contributed by atoms with Crippen molar-refractivity contribution in [2.75, 3.05) is 23.4 Å². The maximum absolute atomic E-state index is 12.2. The molecule has 2 rings (SSSR count). The lowest BCUT2D eigenvalue weighted by Gasteiger charge is -2.14. The van der Waals surface area contributed by atoms with Gasteiger partial charge in [-0.1, -0.05) is 12.1 Å². The standard InChI is InChI=1S/C12H15F2NOS/c13-12(14)16-11-4-2-1-3-10(11)15-7-9-5-6-17-8-9/h1-4,9,12,15H,5-8H2. The fourth-order valence-corrected chi connectivity index (χ4v) is 3.09. The second-order valence-electron chi connectivity index (χ2n) is 3.99. The van der Waals surface area contributed by atoms with E-state index in [0.717, 1.165) is 12.3 Å². The molecule has 94 valence electrons. The maximum Gasteiger partial charge on any atom is 0.387 e. The average Bonchev–Trinajstić information content (AvgIpc) is 2.80. The van der Waals surface area contributed by atoms with Crippen molar-refractivity contribution in [3.8, 4) is 5.75 Å². The minimum atomic E-state index is -2.78. The van der Waals surface area contributed by atoms with Gasteiger partial charge in [0, 0.05) is 6.54 Å². The Balaban J connectivity index is 1.94. The largest absolute Gasteiger partial charge is 0.433 e. The van der Waals surface area contributed by atoms with Gasteiger partial charge < -0.3 is 10.1 Å². The third kappa shape index (κ3) is 3.77. The van der Waals surface area contributed by atoms with E-state index in [2.05, 4.69) is 10.1 Å². The predicted octanol–water partition coefficient (Wildman–Crippen LogP) is 3.45. The highest BCUT2D eigenvalue weighted by molar-refractivity contribution is 7.99. The first-order valence-corrected chi connectivity index (χ1v) is 6.76. The molecule has 0 spiro atoms. The van der Waals surface area contributed by atoms with Gasteiger partial charge in [0.1, 0.15) is 5.75 Å². The summed E-state index contributed by atoms with van der Waals surface area (Å²) < 4.78 is 28.8. The Morgan fingerprint density at radius 2 is 2.24 bits per heavy atom. The smallest absolute Gasteiger partial charge is 0.387 e. The van der Waals surface area contributed by atoms with Crippen LogP contribution in [-0.4, -0.2) is 24.7 Å². The fourth-order valence-electron chi connectivity index (χ4n) is 1.81. The van der Waals surface area contributed by atoms with Crippen LogP contribution in [0.2, 0.25) is 0 Å². The summed E-state index contributed by atoms with van der Waals surface area (Å²) in [6, 6.07) is 6.82. The van der Waals surface area contributed by atoms with E-state index in [0.29, 0.717) is 11.6 Å². The topological polar surface area (TPSA) is 21.3 Å². The molecule has 0 aliphatic carbocycles. The summed E-state index contributed by atoms with van der Waals surface area (Å²) in [5.74, 6) is 3.18. The molecule has 2 nitrogen and oxygen atoms in total. The molecule has 5 heteroatoms. The maximum atomic E-state index is 12.2. The number of hydrogen-bond acceptors (Lipinski definition) is 3. The van der Waals surface area contributed by atoms with Crippen LogP contribution >= 0.6 is 11.8 Å². The van der Waals surface area contributed by atoms with Crippen molar-refractivity contribution in [1.29, 1.82) is 0 Å². The van der Waals surface area contributed by atoms with Crippen LogP contribution < -0.4 is 10.1 Å². The van der Waals surface area contributed by atoms with E-state index in [4.69, 9.17) is 0 Å². The first-order chi connectivity index (χ1) is 8.25. The van der Waals surface area contributed by atoms with E-state index < -0.39 is 6.61 Å². The number of alkyl halides is 2. The molecular weight excluding hydrogens is 244 g/mol. The third-order valence-electron chi connectivity index (χ3n) is 2.71. The molecular formula is C12H15F2NOS. The van der Waals surface area contributed by atoms with E-state index in [1.165, 1.54) is 12.2 Å². The van der Waals surface area contributed by atoms with Crippen molar-refractivity contribution >= 4 is 17.4 Å². The lowest BCUT2D eigenvalue weighted by atomic mass is 10.1. The second kappa shape index (κ2) is 6.10. The second-order valence-corrected chi connectivity index (χ2v) is 5.14. The number of thioether (sulfide) groups is 1. The van der Waals surface area contributed by atoms with Gasteiger partial charge in [0.2, 0.25) is 0 Å². The Kier molecular flexibility index (Phi) is 4.48. The van der Waals surface area contributed by atoms with Gasteiger partial charge >= 0.3 is 6.61 Å². The number of ether oxygens (including phenoxy) is 1. The molecule has 1 fully saturated rings. The predicted molar refractivity (Wildman–Crippen MR) is 67.0 cm³/mol. The van der Waals surface area contributed by atoms with Crippen LogP contribution in [0.25, 0.3) is 0 Å². The monoisotopic (exact) mass is 259 g/mol. The Morgan fingerprint density at radius 3 is 2.94 bits per heavy atom. The highest BCUT2D eigenvalue weighted by Crippen LogP contribution is 2.28. The van der Waals surface area contributed by atoms with E-state index in [1.54, 1.807) is 18.2 Å². The Bertz CT molecular complexity index is 356. The zero-order valence-electron chi connectivity index (χ0n) is 9.36. The molecule has 0 bridgehead atoms. The van der Waals surface area contributed by atoms with Gasteiger partial charge in [-0.3, -0.25) is 0 Å². The molecule has 1 unspecified atom stereocenters. The quantitative estimate of drug-likeness (QED) is 0.875. The Hall–Kier alpha value is -0.970. The fraction of sp³-hybridized carbons (Fsp3) is 0.500. The summed E-state index contributed by atoms with van der Waals surface area (Å²) in [4.78, 5) is 0. The molecule has 1 aliphatic heterocycles. The molecule has 1 heterocycles. The van der Waals surface area contributed by atoms with Crippen LogP contribution in [0.4, 0.5) is 14.5 Å². The molecule has 1 aromatic rings. The number of benzene rings is 1. The van der Waals surface area contributed by atoms with Gasteiger partial charge in [-0.2, -0.15) is 20.5 Å². The zero-order chi connectivity index (χ0) is 12.1. The number of halogens is 2. The summed E-state index contributed by atoms with van der Waals surface area (Å²) in [6.07, 6.45) is 1.19. The van der Waals surface area contributed by atoms with E-state index in [-0.39, 0.29) is 5.75 Å². The number of rotatable bonds is 5. The SMILES string of the molecule is FC(F)Oc1ccccc1NCC1CCSC1. The lowest BCUT2D eigenvalue weighted by Crippen LogP contribution is -2.14. The van der Waals surface area contributed by atoms with Crippen LogP contribution in [-0.2, 0) is 0 Å². The van der Waals surface area contributed by atoms with Gasteiger partial charge in [-0.15, -0.1) is 0 Å². The number of nitrogens with one attached hydrogen (secondary N) is 1. The number of anilines is 1. The van der Waals surface area contributed by atoms with Crippen molar-refractivity contribution in [3.63, 3.8) is 0 Å². The Morgan fingerprint density at radius 1 is 1.41 bits per heavy atom. The van der Waals surface area contributed by atoms with Gasteiger partial charge in [-0.05, 0) is 36.0 Å². The highest BCUT2D eigenvalue weighted by Gasteiger charge is 2.16. The third-order valence-corrected chi connectivity index (χ3v) is 3.94. The summed E-state index contributed by atoms with van der Waals surface area (Å²) >= 11 is 1.94. The molecule has 17 heavy (non-hydrogen) atoms. The molecule has 1 aromatic carbocycles. The van der Waals surface area contributed by atoms with Crippen molar-refractivity contribution in [3.05, 3.63) is 24.3 Å². The molecule has 1 saturated heterocycles. The first kappa shape index (κ1) is 12.5. The Labute approximate surface area is 104 Å². The lowest BCUT2D eigenvalue weighted by molar-refractivity contribution is -0.0493. The minimum absolute atomic E-state index is 0.216. The normalized spacial score (nSPS) is 19.6. The van der Waals surface area contributed by atoms with Crippen LogP contribution in [0.5, 0.6) is 5.75 Å². The van der Waals surface area contributed by atoms with Crippen LogP contribution in [0.3, 0.4) is 0 Å². The first-order valence-electron chi connectivity index (χ1n) is 5.61. The number of hydrogen-bond donors (Lipinski definition) is 1. The molecule has 0 aromatic heterocycles. The summed E-state index contributed by atoms with van der Waals surface area (Å²) in [5.41, 5.74) is 0.643. The van der Waals surface area contributed by atoms with E-state index >= 15 is 0 Å².